The molecule has 2 amide bonds. The van der Waals surface area contributed by atoms with E-state index in [2.05, 4.69) is 10.6 Å². The summed E-state index contributed by atoms with van der Waals surface area (Å²) >= 11 is 0. The smallest absolute Gasteiger partial charge is 0.243 e. The van der Waals surface area contributed by atoms with Crippen LogP contribution >= 0.6 is 12.4 Å². The summed E-state index contributed by atoms with van der Waals surface area (Å²) in [5.74, 6) is -0.337. The fraction of sp³-hybridized carbons (Fsp3) is 0.467. The van der Waals surface area contributed by atoms with Crippen LogP contribution in [-0.4, -0.2) is 24.4 Å². The summed E-state index contributed by atoms with van der Waals surface area (Å²) in [6, 6.07) is 9.29. The van der Waals surface area contributed by atoms with E-state index in [9.17, 15) is 9.59 Å². The summed E-state index contributed by atoms with van der Waals surface area (Å²) in [5.41, 5.74) is 6.59. The maximum absolute atomic E-state index is 12.0. The van der Waals surface area contributed by atoms with Gasteiger partial charge in [-0.2, -0.15) is 0 Å². The number of carbonyl (C=O) groups excluding carboxylic acids is 2. The molecule has 0 spiro atoms. The third-order valence-electron chi connectivity index (χ3n) is 3.57. The molecular formula is C15H22ClN3O2. The number of nitrogens with two attached hydrogens (primary N) is 1. The average Bonchev–Trinajstić information content (AvgIpc) is 2.46. The summed E-state index contributed by atoms with van der Waals surface area (Å²) in [6.07, 6.45) is 3.54. The molecule has 0 heterocycles. The van der Waals surface area contributed by atoms with E-state index in [4.69, 9.17) is 5.73 Å². The van der Waals surface area contributed by atoms with Crippen molar-refractivity contribution in [2.45, 2.75) is 31.7 Å². The summed E-state index contributed by atoms with van der Waals surface area (Å²) in [4.78, 5) is 23.7. The molecule has 0 aliphatic heterocycles. The van der Waals surface area contributed by atoms with Crippen LogP contribution in [0.5, 0.6) is 0 Å². The van der Waals surface area contributed by atoms with Gasteiger partial charge < -0.3 is 16.4 Å². The molecule has 5 nitrogen and oxygen atoms in total. The first-order chi connectivity index (χ1) is 9.65. The molecule has 4 N–H and O–H groups in total. The maximum atomic E-state index is 12.0. The Kier molecular flexibility index (Phi) is 7.19. The first-order valence-electron chi connectivity index (χ1n) is 7.03. The van der Waals surface area contributed by atoms with Gasteiger partial charge in [-0.1, -0.05) is 24.6 Å². The van der Waals surface area contributed by atoms with Crippen LogP contribution < -0.4 is 16.4 Å². The van der Waals surface area contributed by atoms with Gasteiger partial charge >= 0.3 is 0 Å². The quantitative estimate of drug-likeness (QED) is 0.791. The third-order valence-corrected chi connectivity index (χ3v) is 3.57. The number of halogens is 1. The Morgan fingerprint density at radius 3 is 2.57 bits per heavy atom. The Morgan fingerprint density at radius 1 is 1.19 bits per heavy atom. The number of anilines is 1. The van der Waals surface area contributed by atoms with E-state index in [0.717, 1.165) is 24.9 Å². The zero-order valence-electron chi connectivity index (χ0n) is 11.9. The minimum Gasteiger partial charge on any atom is -0.347 e. The molecule has 116 valence electrons. The Morgan fingerprint density at radius 2 is 1.90 bits per heavy atom. The molecule has 1 aliphatic carbocycles. The molecule has 21 heavy (non-hydrogen) atoms. The zero-order chi connectivity index (χ0) is 14.4. The van der Waals surface area contributed by atoms with Crippen LogP contribution in [0.15, 0.2) is 30.3 Å². The monoisotopic (exact) mass is 311 g/mol. The van der Waals surface area contributed by atoms with E-state index in [1.54, 1.807) is 12.1 Å². The Hall–Kier alpha value is -1.59. The number of rotatable bonds is 4. The van der Waals surface area contributed by atoms with Gasteiger partial charge in [0.1, 0.15) is 0 Å². The fourth-order valence-electron chi connectivity index (χ4n) is 2.50. The summed E-state index contributed by atoms with van der Waals surface area (Å²) < 4.78 is 0. The van der Waals surface area contributed by atoms with Crippen molar-refractivity contribution >= 4 is 29.9 Å². The number of nitrogens with one attached hydrogen (secondary N) is 2. The number of para-hydroxylation sites is 1. The van der Waals surface area contributed by atoms with E-state index in [0.29, 0.717) is 6.42 Å². The van der Waals surface area contributed by atoms with Gasteiger partial charge in [0.05, 0.1) is 6.54 Å². The van der Waals surface area contributed by atoms with Gasteiger partial charge in [-0.15, -0.1) is 12.4 Å². The number of benzene rings is 1. The fourth-order valence-corrected chi connectivity index (χ4v) is 2.50. The van der Waals surface area contributed by atoms with Crippen LogP contribution in [0.2, 0.25) is 0 Å². The molecule has 2 rings (SSSR count). The summed E-state index contributed by atoms with van der Waals surface area (Å²) in [7, 11) is 0. The minimum atomic E-state index is -0.218. The molecule has 1 aromatic carbocycles. The highest BCUT2D eigenvalue weighted by Gasteiger charge is 2.25. The van der Waals surface area contributed by atoms with Crippen LogP contribution in [-0.2, 0) is 9.59 Å². The molecule has 1 fully saturated rings. The predicted octanol–water partition coefficient (Wildman–Crippen LogP) is 1.68. The second-order valence-corrected chi connectivity index (χ2v) is 5.26. The largest absolute Gasteiger partial charge is 0.347 e. The molecule has 1 aromatic rings. The maximum Gasteiger partial charge on any atom is 0.243 e. The van der Waals surface area contributed by atoms with Crippen LogP contribution in [0.1, 0.15) is 25.7 Å². The second-order valence-electron chi connectivity index (χ2n) is 5.26. The van der Waals surface area contributed by atoms with Gasteiger partial charge in [-0.05, 0) is 31.4 Å². The highest BCUT2D eigenvalue weighted by atomic mass is 35.5. The molecule has 1 saturated carbocycles. The lowest BCUT2D eigenvalue weighted by Crippen LogP contribution is -2.40. The molecule has 0 bridgehead atoms. The molecule has 0 aromatic heterocycles. The molecule has 0 radical (unpaired) electrons. The van der Waals surface area contributed by atoms with Crippen LogP contribution in [0.4, 0.5) is 5.69 Å². The highest BCUT2D eigenvalue weighted by molar-refractivity contribution is 5.94. The van der Waals surface area contributed by atoms with Crippen LogP contribution in [0.25, 0.3) is 0 Å². The van der Waals surface area contributed by atoms with Crippen LogP contribution in [0, 0.1) is 5.92 Å². The topological polar surface area (TPSA) is 84.2 Å². The standard InChI is InChI=1S/C15H21N3O2.ClH/c16-12-6-4-5-11(9-12)15(20)17-10-14(19)18-13-7-2-1-3-8-13;/h1-3,7-8,11-12H,4-6,9-10,16H2,(H,17,20)(H,18,19);1H. The molecule has 2 unspecified atom stereocenters. The number of amides is 2. The van der Waals surface area contributed by atoms with Gasteiger partial charge in [0, 0.05) is 17.6 Å². The molecular weight excluding hydrogens is 290 g/mol. The van der Waals surface area contributed by atoms with E-state index in [1.165, 1.54) is 0 Å². The van der Waals surface area contributed by atoms with Crippen molar-refractivity contribution in [3.63, 3.8) is 0 Å². The first-order valence-corrected chi connectivity index (χ1v) is 7.03. The van der Waals surface area contributed by atoms with E-state index < -0.39 is 0 Å². The van der Waals surface area contributed by atoms with Crippen molar-refractivity contribution in [2.75, 3.05) is 11.9 Å². The van der Waals surface area contributed by atoms with Gasteiger partial charge in [0.2, 0.25) is 11.8 Å². The Bertz CT molecular complexity index is 467. The molecule has 1 aliphatic rings. The lowest BCUT2D eigenvalue weighted by Gasteiger charge is -2.25. The normalized spacial score (nSPS) is 21.0. The van der Waals surface area contributed by atoms with Crippen molar-refractivity contribution in [1.29, 1.82) is 0 Å². The SMILES string of the molecule is Cl.NC1CCCC(C(=O)NCC(=O)Nc2ccccc2)C1. The number of hydrogen-bond acceptors (Lipinski definition) is 3. The molecule has 0 saturated heterocycles. The van der Waals surface area contributed by atoms with Gasteiger partial charge in [-0.3, -0.25) is 9.59 Å². The van der Waals surface area contributed by atoms with E-state index in [-0.39, 0.29) is 42.7 Å². The van der Waals surface area contributed by atoms with Crippen molar-refractivity contribution in [1.82, 2.24) is 5.32 Å². The summed E-state index contributed by atoms with van der Waals surface area (Å²) in [6.45, 7) is -0.000530. The third kappa shape index (κ3) is 5.73. The lowest BCUT2D eigenvalue weighted by atomic mass is 9.85. The predicted molar refractivity (Wildman–Crippen MR) is 85.3 cm³/mol. The van der Waals surface area contributed by atoms with E-state index in [1.807, 2.05) is 18.2 Å². The summed E-state index contributed by atoms with van der Waals surface area (Å²) in [5, 5.41) is 5.42. The van der Waals surface area contributed by atoms with Crippen molar-refractivity contribution in [3.8, 4) is 0 Å². The lowest BCUT2D eigenvalue weighted by molar-refractivity contribution is -0.128. The van der Waals surface area contributed by atoms with Crippen molar-refractivity contribution < 1.29 is 9.59 Å². The Balaban J connectivity index is 0.00000220. The molecule has 6 heteroatoms. The van der Waals surface area contributed by atoms with Crippen LogP contribution in [0.3, 0.4) is 0 Å². The second kappa shape index (κ2) is 8.64. The van der Waals surface area contributed by atoms with Gasteiger partial charge in [-0.25, -0.2) is 0 Å². The van der Waals surface area contributed by atoms with Gasteiger partial charge in [0.25, 0.3) is 0 Å². The first kappa shape index (κ1) is 17.5. The molecule has 2 atom stereocenters. The van der Waals surface area contributed by atoms with Crippen molar-refractivity contribution in [2.24, 2.45) is 11.7 Å². The minimum absolute atomic E-state index is 0. The zero-order valence-corrected chi connectivity index (χ0v) is 12.7. The van der Waals surface area contributed by atoms with Gasteiger partial charge in [0.15, 0.2) is 0 Å². The number of hydrogen-bond donors (Lipinski definition) is 3. The Labute approximate surface area is 131 Å². The van der Waals surface area contributed by atoms with E-state index >= 15 is 0 Å². The average molecular weight is 312 g/mol. The number of carbonyl (C=O) groups is 2. The highest BCUT2D eigenvalue weighted by Crippen LogP contribution is 2.22. The van der Waals surface area contributed by atoms with Crippen molar-refractivity contribution in [3.05, 3.63) is 30.3 Å².